The van der Waals surface area contributed by atoms with Crippen LogP contribution in [-0.2, 0) is 11.3 Å². The monoisotopic (exact) mass is 243 g/mol. The normalized spacial score (nSPS) is 11.0. The molecule has 0 saturated carbocycles. The molecule has 1 aromatic rings. The SMILES string of the molecule is COCCN(CCO)Cc1occc1C(=O)O. The van der Waals surface area contributed by atoms with Crippen LogP contribution in [0.15, 0.2) is 16.7 Å². The van der Waals surface area contributed by atoms with E-state index < -0.39 is 5.97 Å². The Hall–Kier alpha value is -1.37. The first-order chi connectivity index (χ1) is 8.19. The van der Waals surface area contributed by atoms with Crippen LogP contribution in [-0.4, -0.2) is 54.5 Å². The highest BCUT2D eigenvalue weighted by atomic mass is 16.5. The Bertz CT molecular complexity index is 349. The molecule has 0 radical (unpaired) electrons. The van der Waals surface area contributed by atoms with Gasteiger partial charge in [-0.1, -0.05) is 0 Å². The zero-order chi connectivity index (χ0) is 12.7. The van der Waals surface area contributed by atoms with E-state index in [1.807, 2.05) is 4.90 Å². The molecule has 1 rings (SSSR count). The van der Waals surface area contributed by atoms with E-state index in [1.54, 1.807) is 7.11 Å². The third-order valence-electron chi connectivity index (χ3n) is 2.37. The largest absolute Gasteiger partial charge is 0.478 e. The summed E-state index contributed by atoms with van der Waals surface area (Å²) in [6, 6.07) is 1.42. The molecule has 0 fully saturated rings. The molecule has 0 amide bonds. The number of rotatable bonds is 8. The van der Waals surface area contributed by atoms with E-state index in [-0.39, 0.29) is 12.2 Å². The van der Waals surface area contributed by atoms with E-state index in [4.69, 9.17) is 19.4 Å². The fourth-order valence-corrected chi connectivity index (χ4v) is 1.49. The minimum absolute atomic E-state index is 0.00677. The number of aliphatic hydroxyl groups is 1. The second-order valence-electron chi connectivity index (χ2n) is 3.56. The van der Waals surface area contributed by atoms with Crippen LogP contribution in [0.5, 0.6) is 0 Å². The van der Waals surface area contributed by atoms with Crippen molar-refractivity contribution >= 4 is 5.97 Å². The summed E-state index contributed by atoms with van der Waals surface area (Å²) < 4.78 is 10.1. The predicted molar refractivity (Wildman–Crippen MR) is 59.9 cm³/mol. The number of hydrogen-bond acceptors (Lipinski definition) is 5. The van der Waals surface area contributed by atoms with Gasteiger partial charge in [0.1, 0.15) is 11.3 Å². The highest BCUT2D eigenvalue weighted by Gasteiger charge is 2.16. The second-order valence-corrected chi connectivity index (χ2v) is 3.56. The van der Waals surface area contributed by atoms with Crippen molar-refractivity contribution in [3.8, 4) is 0 Å². The van der Waals surface area contributed by atoms with Crippen molar-refractivity contribution in [3.05, 3.63) is 23.7 Å². The first kappa shape index (κ1) is 13.7. The minimum atomic E-state index is -1.01. The number of ether oxygens (including phenoxy) is 1. The number of aromatic carboxylic acids is 1. The van der Waals surface area contributed by atoms with Gasteiger partial charge in [-0.05, 0) is 6.07 Å². The average molecular weight is 243 g/mol. The molecule has 0 aliphatic carbocycles. The molecule has 2 N–H and O–H groups in total. The van der Waals surface area contributed by atoms with Gasteiger partial charge < -0.3 is 19.4 Å². The number of carbonyl (C=O) groups is 1. The fraction of sp³-hybridized carbons (Fsp3) is 0.545. The Balaban J connectivity index is 2.64. The Morgan fingerprint density at radius 3 is 2.88 bits per heavy atom. The van der Waals surface area contributed by atoms with E-state index >= 15 is 0 Å². The fourth-order valence-electron chi connectivity index (χ4n) is 1.49. The van der Waals surface area contributed by atoms with Gasteiger partial charge in [0.25, 0.3) is 0 Å². The molecule has 0 aliphatic heterocycles. The van der Waals surface area contributed by atoms with Crippen LogP contribution in [0.25, 0.3) is 0 Å². The lowest BCUT2D eigenvalue weighted by Crippen LogP contribution is -2.30. The maximum atomic E-state index is 10.9. The molecular weight excluding hydrogens is 226 g/mol. The topological polar surface area (TPSA) is 83.1 Å². The summed E-state index contributed by atoms with van der Waals surface area (Å²) in [4.78, 5) is 12.8. The maximum absolute atomic E-state index is 10.9. The van der Waals surface area contributed by atoms with Crippen LogP contribution in [0.3, 0.4) is 0 Å². The zero-order valence-corrected chi connectivity index (χ0v) is 9.76. The van der Waals surface area contributed by atoms with Gasteiger partial charge >= 0.3 is 5.97 Å². The lowest BCUT2D eigenvalue weighted by Gasteiger charge is -2.19. The molecule has 0 atom stereocenters. The molecule has 0 aromatic carbocycles. The molecule has 96 valence electrons. The summed E-state index contributed by atoms with van der Waals surface area (Å²) in [6.07, 6.45) is 1.35. The first-order valence-corrected chi connectivity index (χ1v) is 5.30. The van der Waals surface area contributed by atoms with Crippen molar-refractivity contribution in [2.24, 2.45) is 0 Å². The third-order valence-corrected chi connectivity index (χ3v) is 2.37. The van der Waals surface area contributed by atoms with E-state index in [0.717, 1.165) is 0 Å². The number of hydrogen-bond donors (Lipinski definition) is 2. The molecule has 1 heterocycles. The summed E-state index contributed by atoms with van der Waals surface area (Å²) in [5.41, 5.74) is 0.158. The quantitative estimate of drug-likeness (QED) is 0.688. The lowest BCUT2D eigenvalue weighted by atomic mass is 10.2. The number of carboxylic acids is 1. The maximum Gasteiger partial charge on any atom is 0.339 e. The minimum Gasteiger partial charge on any atom is -0.478 e. The molecule has 6 nitrogen and oxygen atoms in total. The van der Waals surface area contributed by atoms with Gasteiger partial charge in [-0.25, -0.2) is 4.79 Å². The standard InChI is InChI=1S/C11H17NO5/c1-16-7-4-12(3-5-13)8-10-9(11(14)15)2-6-17-10/h2,6,13H,3-5,7-8H2,1H3,(H,14,15). The van der Waals surface area contributed by atoms with Gasteiger partial charge in [0.2, 0.25) is 0 Å². The molecule has 0 unspecified atom stereocenters. The van der Waals surface area contributed by atoms with E-state index in [0.29, 0.717) is 32.0 Å². The Morgan fingerprint density at radius 2 is 2.29 bits per heavy atom. The highest BCUT2D eigenvalue weighted by molar-refractivity contribution is 5.88. The highest BCUT2D eigenvalue weighted by Crippen LogP contribution is 2.13. The van der Waals surface area contributed by atoms with Crippen LogP contribution in [0, 0.1) is 0 Å². The third kappa shape index (κ3) is 4.18. The molecule has 0 spiro atoms. The van der Waals surface area contributed by atoms with Gasteiger partial charge in [0.05, 0.1) is 26.0 Å². The van der Waals surface area contributed by atoms with Crippen molar-refractivity contribution in [2.75, 3.05) is 33.4 Å². The summed E-state index contributed by atoms with van der Waals surface area (Å²) in [7, 11) is 1.59. The van der Waals surface area contributed by atoms with Gasteiger partial charge in [0, 0.05) is 20.2 Å². The number of methoxy groups -OCH3 is 1. The zero-order valence-electron chi connectivity index (χ0n) is 9.76. The summed E-state index contributed by atoms with van der Waals surface area (Å²) >= 11 is 0. The van der Waals surface area contributed by atoms with Gasteiger partial charge in [0.15, 0.2) is 0 Å². The number of carboxylic acid groups (broad SMARTS) is 1. The second kappa shape index (κ2) is 7.05. The Labute approximate surface area is 99.4 Å². The average Bonchev–Trinajstić information content (AvgIpc) is 2.74. The van der Waals surface area contributed by atoms with Crippen LogP contribution >= 0.6 is 0 Å². The summed E-state index contributed by atoms with van der Waals surface area (Å²) in [6.45, 7) is 1.93. The van der Waals surface area contributed by atoms with Crippen molar-refractivity contribution in [3.63, 3.8) is 0 Å². The Morgan fingerprint density at radius 1 is 1.53 bits per heavy atom. The summed E-state index contributed by atoms with van der Waals surface area (Å²) in [5, 5.41) is 17.8. The predicted octanol–water partition coefficient (Wildman–Crippen LogP) is 0.419. The number of furan rings is 1. The number of nitrogens with zero attached hydrogens (tertiary/aromatic N) is 1. The molecule has 17 heavy (non-hydrogen) atoms. The van der Waals surface area contributed by atoms with Crippen LogP contribution in [0.2, 0.25) is 0 Å². The lowest BCUT2D eigenvalue weighted by molar-refractivity contribution is 0.0691. The van der Waals surface area contributed by atoms with Gasteiger partial charge in [-0.15, -0.1) is 0 Å². The van der Waals surface area contributed by atoms with E-state index in [9.17, 15) is 4.79 Å². The number of aliphatic hydroxyl groups excluding tert-OH is 1. The summed E-state index contributed by atoms with van der Waals surface area (Å²) in [5.74, 6) is -0.619. The van der Waals surface area contributed by atoms with E-state index in [1.165, 1.54) is 12.3 Å². The first-order valence-electron chi connectivity index (χ1n) is 5.30. The smallest absolute Gasteiger partial charge is 0.339 e. The van der Waals surface area contributed by atoms with Crippen molar-refractivity contribution < 1.29 is 24.2 Å². The molecule has 0 bridgehead atoms. The van der Waals surface area contributed by atoms with Gasteiger partial charge in [-0.2, -0.15) is 0 Å². The molecular formula is C11H17NO5. The molecule has 0 saturated heterocycles. The van der Waals surface area contributed by atoms with Crippen LogP contribution in [0.4, 0.5) is 0 Å². The van der Waals surface area contributed by atoms with Crippen molar-refractivity contribution in [1.82, 2.24) is 4.90 Å². The van der Waals surface area contributed by atoms with Gasteiger partial charge in [-0.3, -0.25) is 4.90 Å². The van der Waals surface area contributed by atoms with Crippen LogP contribution in [0.1, 0.15) is 16.1 Å². The Kier molecular flexibility index (Phi) is 5.68. The van der Waals surface area contributed by atoms with Crippen molar-refractivity contribution in [1.29, 1.82) is 0 Å². The molecule has 6 heteroatoms. The molecule has 0 aliphatic rings. The van der Waals surface area contributed by atoms with Crippen LogP contribution < -0.4 is 0 Å². The van der Waals surface area contributed by atoms with E-state index in [2.05, 4.69) is 0 Å². The van der Waals surface area contributed by atoms with Crippen molar-refractivity contribution in [2.45, 2.75) is 6.54 Å². The molecule has 1 aromatic heterocycles.